The van der Waals surface area contributed by atoms with Crippen LogP contribution in [-0.4, -0.2) is 18.4 Å². The standard InChI is InChI=1S/C14H19N.C12H14O/c1-11-4-6-12(7-5-11)14(8-9-14)13-3-2-10-15-13;1-9-3-5-11(6-4-9)12(7-8-12)10(2)13/h4-7,13,15H,2-3,8-10H2,1H3;3-6H,7-8H2,1-2H3. The van der Waals surface area contributed by atoms with Crippen molar-refractivity contribution in [3.63, 3.8) is 0 Å². The summed E-state index contributed by atoms with van der Waals surface area (Å²) in [6, 6.07) is 18.3. The Bertz CT molecular complexity index is 820. The van der Waals surface area contributed by atoms with Gasteiger partial charge in [-0.1, -0.05) is 59.7 Å². The van der Waals surface area contributed by atoms with E-state index in [1.165, 1.54) is 48.9 Å². The number of Topliss-reactive ketones (excluding diaryl/α,β-unsaturated/α-hetero) is 1. The number of rotatable bonds is 4. The molecule has 1 unspecified atom stereocenters. The highest BCUT2D eigenvalue weighted by molar-refractivity contribution is 5.91. The summed E-state index contributed by atoms with van der Waals surface area (Å²) in [6.45, 7) is 7.15. The Balaban J connectivity index is 0.000000139. The van der Waals surface area contributed by atoms with Crippen LogP contribution < -0.4 is 5.32 Å². The number of hydrogen-bond acceptors (Lipinski definition) is 2. The molecule has 0 aromatic heterocycles. The van der Waals surface area contributed by atoms with Crippen molar-refractivity contribution in [3.8, 4) is 0 Å². The number of benzene rings is 2. The van der Waals surface area contributed by atoms with E-state index in [1.807, 2.05) is 0 Å². The average Bonchev–Trinajstić information content (AvgIpc) is 3.62. The molecule has 1 N–H and O–H groups in total. The van der Waals surface area contributed by atoms with Crippen LogP contribution in [0.2, 0.25) is 0 Å². The van der Waals surface area contributed by atoms with E-state index in [1.54, 1.807) is 12.5 Å². The van der Waals surface area contributed by atoms with Gasteiger partial charge >= 0.3 is 0 Å². The van der Waals surface area contributed by atoms with Crippen molar-refractivity contribution in [2.24, 2.45) is 0 Å². The van der Waals surface area contributed by atoms with E-state index in [9.17, 15) is 4.79 Å². The van der Waals surface area contributed by atoms with Gasteiger partial charge in [0.1, 0.15) is 5.78 Å². The molecule has 2 aromatic carbocycles. The first-order valence-electron chi connectivity index (χ1n) is 10.9. The number of nitrogens with one attached hydrogen (secondary N) is 1. The molecular weight excluding hydrogens is 342 g/mol. The number of aryl methyl sites for hydroxylation is 2. The molecule has 28 heavy (non-hydrogen) atoms. The van der Waals surface area contributed by atoms with E-state index in [4.69, 9.17) is 0 Å². The number of carbonyl (C=O) groups excluding carboxylic acids is 1. The van der Waals surface area contributed by atoms with Gasteiger partial charge in [0.15, 0.2) is 0 Å². The topological polar surface area (TPSA) is 29.1 Å². The van der Waals surface area contributed by atoms with E-state index in [0.29, 0.717) is 11.2 Å². The highest BCUT2D eigenvalue weighted by atomic mass is 16.1. The van der Waals surface area contributed by atoms with Crippen LogP contribution in [0.25, 0.3) is 0 Å². The molecule has 5 rings (SSSR count). The fourth-order valence-electron chi connectivity index (χ4n) is 4.86. The van der Waals surface area contributed by atoms with Crippen molar-refractivity contribution < 1.29 is 4.79 Å². The first kappa shape index (κ1) is 19.4. The lowest BCUT2D eigenvalue weighted by molar-refractivity contribution is -0.119. The molecule has 3 aliphatic rings. The third kappa shape index (κ3) is 3.67. The van der Waals surface area contributed by atoms with Crippen molar-refractivity contribution in [1.29, 1.82) is 0 Å². The van der Waals surface area contributed by atoms with Crippen LogP contribution in [0.3, 0.4) is 0 Å². The highest BCUT2D eigenvalue weighted by Gasteiger charge is 2.51. The quantitative estimate of drug-likeness (QED) is 0.776. The zero-order valence-electron chi connectivity index (χ0n) is 17.6. The van der Waals surface area contributed by atoms with Crippen molar-refractivity contribution in [1.82, 2.24) is 5.32 Å². The summed E-state index contributed by atoms with van der Waals surface area (Å²) in [5.41, 5.74) is 5.79. The summed E-state index contributed by atoms with van der Waals surface area (Å²) in [7, 11) is 0. The lowest BCUT2D eigenvalue weighted by Crippen LogP contribution is -2.34. The first-order chi connectivity index (χ1) is 13.5. The average molecular weight is 376 g/mol. The highest BCUT2D eigenvalue weighted by Crippen LogP contribution is 2.52. The summed E-state index contributed by atoms with van der Waals surface area (Å²) in [5.74, 6) is 0.316. The Morgan fingerprint density at radius 1 is 0.857 bits per heavy atom. The fraction of sp³-hybridized carbons (Fsp3) is 0.500. The minimum Gasteiger partial charge on any atom is -0.313 e. The Morgan fingerprint density at radius 2 is 1.39 bits per heavy atom. The Hall–Kier alpha value is -1.93. The third-order valence-electron chi connectivity index (χ3n) is 7.17. The van der Waals surface area contributed by atoms with Gasteiger partial charge in [-0.3, -0.25) is 4.79 Å². The van der Waals surface area contributed by atoms with Crippen LogP contribution in [0, 0.1) is 13.8 Å². The van der Waals surface area contributed by atoms with Gasteiger partial charge in [-0.2, -0.15) is 0 Å². The molecule has 0 bridgehead atoms. The molecule has 0 radical (unpaired) electrons. The SMILES string of the molecule is CC(=O)C1(c2ccc(C)cc2)CC1.Cc1ccc(C2(C3CCCN3)CC2)cc1. The van der Waals surface area contributed by atoms with E-state index >= 15 is 0 Å². The second kappa shape index (κ2) is 7.48. The van der Waals surface area contributed by atoms with Crippen LogP contribution in [-0.2, 0) is 15.6 Å². The van der Waals surface area contributed by atoms with Gasteiger partial charge in [0.2, 0.25) is 0 Å². The summed E-state index contributed by atoms with van der Waals surface area (Å²) >= 11 is 0. The minimum atomic E-state index is -0.103. The monoisotopic (exact) mass is 375 g/mol. The first-order valence-corrected chi connectivity index (χ1v) is 10.9. The fourth-order valence-corrected chi connectivity index (χ4v) is 4.86. The second-order valence-corrected chi connectivity index (χ2v) is 9.18. The Labute approximate surface area is 169 Å². The largest absolute Gasteiger partial charge is 0.313 e. The summed E-state index contributed by atoms with van der Waals surface area (Å²) in [5, 5.41) is 3.67. The maximum Gasteiger partial charge on any atom is 0.140 e. The maximum absolute atomic E-state index is 11.4. The zero-order valence-corrected chi connectivity index (χ0v) is 17.6. The van der Waals surface area contributed by atoms with Crippen LogP contribution in [0.5, 0.6) is 0 Å². The molecular formula is C26H33NO. The molecule has 2 aliphatic carbocycles. The van der Waals surface area contributed by atoms with E-state index in [0.717, 1.165) is 18.9 Å². The molecule has 2 nitrogen and oxygen atoms in total. The zero-order chi connectivity index (χ0) is 19.8. The number of carbonyl (C=O) groups is 1. The molecule has 148 valence electrons. The van der Waals surface area contributed by atoms with Crippen molar-refractivity contribution >= 4 is 5.78 Å². The van der Waals surface area contributed by atoms with Crippen LogP contribution in [0.1, 0.15) is 67.7 Å². The van der Waals surface area contributed by atoms with Crippen molar-refractivity contribution in [2.45, 2.75) is 76.2 Å². The molecule has 0 spiro atoms. The summed E-state index contributed by atoms with van der Waals surface area (Å²) in [4.78, 5) is 11.4. The predicted octanol–water partition coefficient (Wildman–Crippen LogP) is 5.39. The molecule has 3 fully saturated rings. The van der Waals surface area contributed by atoms with Gasteiger partial charge in [0.25, 0.3) is 0 Å². The van der Waals surface area contributed by atoms with Crippen LogP contribution in [0.15, 0.2) is 48.5 Å². The number of hydrogen-bond donors (Lipinski definition) is 1. The summed E-state index contributed by atoms with van der Waals surface area (Å²) < 4.78 is 0. The maximum atomic E-state index is 11.4. The second-order valence-electron chi connectivity index (χ2n) is 9.18. The van der Waals surface area contributed by atoms with Gasteiger partial charge in [0, 0.05) is 11.5 Å². The van der Waals surface area contributed by atoms with E-state index in [-0.39, 0.29) is 5.41 Å². The lowest BCUT2D eigenvalue weighted by Gasteiger charge is -2.23. The van der Waals surface area contributed by atoms with Gasteiger partial charge in [-0.25, -0.2) is 0 Å². The third-order valence-corrected chi connectivity index (χ3v) is 7.17. The molecule has 0 amide bonds. The molecule has 1 heterocycles. The minimum absolute atomic E-state index is 0.103. The Morgan fingerprint density at radius 3 is 1.79 bits per heavy atom. The van der Waals surface area contributed by atoms with Crippen molar-refractivity contribution in [3.05, 3.63) is 70.8 Å². The van der Waals surface area contributed by atoms with Gasteiger partial charge < -0.3 is 5.32 Å². The lowest BCUT2D eigenvalue weighted by atomic mass is 9.87. The predicted molar refractivity (Wildman–Crippen MR) is 116 cm³/mol. The number of ketones is 1. The molecule has 1 saturated heterocycles. The van der Waals surface area contributed by atoms with Crippen LogP contribution in [0.4, 0.5) is 0 Å². The Kier molecular flexibility index (Phi) is 5.18. The molecule has 2 heteroatoms. The van der Waals surface area contributed by atoms with Gasteiger partial charge in [0.05, 0.1) is 5.41 Å². The normalized spacial score (nSPS) is 23.5. The van der Waals surface area contributed by atoms with E-state index in [2.05, 4.69) is 67.7 Å². The van der Waals surface area contributed by atoms with Gasteiger partial charge in [-0.15, -0.1) is 0 Å². The van der Waals surface area contributed by atoms with E-state index < -0.39 is 0 Å². The molecule has 2 saturated carbocycles. The summed E-state index contributed by atoms with van der Waals surface area (Å²) in [6.07, 6.45) is 7.56. The molecule has 2 aromatic rings. The smallest absolute Gasteiger partial charge is 0.140 e. The van der Waals surface area contributed by atoms with Gasteiger partial charge in [-0.05, 0) is 77.0 Å². The van der Waals surface area contributed by atoms with Crippen molar-refractivity contribution in [2.75, 3.05) is 6.54 Å². The molecule has 1 atom stereocenters. The van der Waals surface area contributed by atoms with Crippen LogP contribution >= 0.6 is 0 Å². The molecule has 1 aliphatic heterocycles.